The summed E-state index contributed by atoms with van der Waals surface area (Å²) in [5.41, 5.74) is 9.57. The lowest BCUT2D eigenvalue weighted by Crippen LogP contribution is -2.51. The predicted molar refractivity (Wildman–Crippen MR) is 137 cm³/mol. The molecule has 1 amide bonds. The van der Waals surface area contributed by atoms with Gasteiger partial charge in [0.25, 0.3) is 5.91 Å². The third-order valence-electron chi connectivity index (χ3n) is 6.48. The van der Waals surface area contributed by atoms with E-state index in [-0.39, 0.29) is 18.9 Å². The van der Waals surface area contributed by atoms with Crippen molar-refractivity contribution in [2.75, 3.05) is 26.3 Å². The molecule has 0 aliphatic carbocycles. The van der Waals surface area contributed by atoms with Crippen molar-refractivity contribution >= 4 is 17.5 Å². The van der Waals surface area contributed by atoms with E-state index >= 15 is 0 Å². The molecular weight excluding hydrogens is 458 g/mol. The number of likely N-dealkylation sites (tertiary alicyclic amines) is 1. The summed E-state index contributed by atoms with van der Waals surface area (Å²) in [7, 11) is 0. The molecule has 2 atom stereocenters. The number of hydrogen-bond donors (Lipinski definition) is 1. The van der Waals surface area contributed by atoms with Gasteiger partial charge >= 0.3 is 0 Å². The Bertz CT molecular complexity index is 1150. The van der Waals surface area contributed by atoms with Gasteiger partial charge in [0.1, 0.15) is 5.75 Å². The van der Waals surface area contributed by atoms with Crippen LogP contribution in [0.15, 0.2) is 71.3 Å². The molecule has 1 saturated heterocycles. The summed E-state index contributed by atoms with van der Waals surface area (Å²) in [6, 6.07) is 14.4. The molecule has 0 radical (unpaired) electrons. The fraction of sp³-hybridized carbons (Fsp3) is 0.407. The van der Waals surface area contributed by atoms with Crippen LogP contribution >= 0.6 is 0 Å². The molecular formula is C27H31N5O4. The maximum absolute atomic E-state index is 14.1. The molecule has 2 heterocycles. The van der Waals surface area contributed by atoms with Crippen LogP contribution in [0, 0.1) is 0 Å². The van der Waals surface area contributed by atoms with Crippen LogP contribution in [0.4, 0.5) is 5.69 Å². The number of hydrogen-bond acceptors (Lipinski definition) is 6. The zero-order chi connectivity index (χ0) is 25.4. The van der Waals surface area contributed by atoms with Gasteiger partial charge in [-0.15, -0.1) is 6.58 Å². The molecule has 2 aliphatic rings. The summed E-state index contributed by atoms with van der Waals surface area (Å²) >= 11 is 0. The van der Waals surface area contributed by atoms with Crippen molar-refractivity contribution in [1.29, 1.82) is 0 Å². The molecule has 188 valence electrons. The second kappa shape index (κ2) is 11.7. The Labute approximate surface area is 210 Å². The first-order chi connectivity index (χ1) is 17.6. The minimum Gasteiger partial charge on any atom is -0.494 e. The van der Waals surface area contributed by atoms with Crippen LogP contribution in [0.2, 0.25) is 0 Å². The van der Waals surface area contributed by atoms with Crippen LogP contribution in [0.25, 0.3) is 10.4 Å². The average molecular weight is 490 g/mol. The van der Waals surface area contributed by atoms with Crippen LogP contribution in [-0.2, 0) is 9.53 Å². The summed E-state index contributed by atoms with van der Waals surface area (Å²) in [5.74, 6) is 0.893. The van der Waals surface area contributed by atoms with Crippen LogP contribution in [0.1, 0.15) is 49.3 Å². The molecule has 0 unspecified atom stereocenters. The molecule has 0 bridgehead atoms. The van der Waals surface area contributed by atoms with Crippen molar-refractivity contribution in [3.8, 4) is 5.75 Å². The first kappa shape index (κ1) is 25.3. The summed E-state index contributed by atoms with van der Waals surface area (Å²) in [6.07, 6.45) is 4.71. The van der Waals surface area contributed by atoms with Gasteiger partial charge in [-0.2, -0.15) is 0 Å². The third kappa shape index (κ3) is 5.22. The topological polar surface area (TPSA) is 120 Å². The largest absolute Gasteiger partial charge is 0.494 e. The molecule has 0 saturated carbocycles. The normalized spacial score (nSPS) is 21.2. The monoisotopic (exact) mass is 489 g/mol. The van der Waals surface area contributed by atoms with Gasteiger partial charge in [0.2, 0.25) is 5.90 Å². The lowest BCUT2D eigenvalue weighted by Gasteiger charge is -2.37. The predicted octanol–water partition coefficient (Wildman–Crippen LogP) is 5.24. The van der Waals surface area contributed by atoms with E-state index in [4.69, 9.17) is 25.1 Å². The van der Waals surface area contributed by atoms with Gasteiger partial charge in [0.15, 0.2) is 11.6 Å². The van der Waals surface area contributed by atoms with Gasteiger partial charge in [-0.05, 0) is 49.1 Å². The fourth-order valence-corrected chi connectivity index (χ4v) is 4.72. The highest BCUT2D eigenvalue weighted by Crippen LogP contribution is 2.46. The molecule has 9 nitrogen and oxygen atoms in total. The Hall–Kier alpha value is -3.81. The van der Waals surface area contributed by atoms with Crippen molar-refractivity contribution in [1.82, 2.24) is 4.90 Å². The molecule has 2 aromatic carbocycles. The summed E-state index contributed by atoms with van der Waals surface area (Å²) in [4.78, 5) is 23.9. The zero-order valence-corrected chi connectivity index (χ0v) is 20.3. The smallest absolute Gasteiger partial charge is 0.255 e. The van der Waals surface area contributed by atoms with E-state index in [2.05, 4.69) is 16.6 Å². The van der Waals surface area contributed by atoms with Gasteiger partial charge in [-0.25, -0.2) is 4.99 Å². The van der Waals surface area contributed by atoms with Gasteiger partial charge in [-0.1, -0.05) is 35.5 Å². The number of aliphatic hydroxyl groups excluding tert-OH is 1. The Morgan fingerprint density at radius 2 is 2.00 bits per heavy atom. The molecule has 36 heavy (non-hydrogen) atoms. The highest BCUT2D eigenvalue weighted by Gasteiger charge is 2.54. The zero-order valence-electron chi connectivity index (χ0n) is 20.3. The van der Waals surface area contributed by atoms with Gasteiger partial charge < -0.3 is 19.5 Å². The quantitative estimate of drug-likeness (QED) is 0.161. The second-order valence-electron chi connectivity index (χ2n) is 8.88. The summed E-state index contributed by atoms with van der Waals surface area (Å²) < 4.78 is 12.1. The molecule has 2 aliphatic heterocycles. The van der Waals surface area contributed by atoms with E-state index in [9.17, 15) is 4.79 Å². The number of aliphatic imine (C=N–C) groups is 1. The highest BCUT2D eigenvalue weighted by atomic mass is 16.5. The average Bonchev–Trinajstić information content (AvgIpc) is 3.30. The van der Waals surface area contributed by atoms with Crippen LogP contribution < -0.4 is 4.74 Å². The molecule has 2 aromatic rings. The summed E-state index contributed by atoms with van der Waals surface area (Å²) in [5, 5.41) is 12.8. The van der Waals surface area contributed by atoms with Crippen molar-refractivity contribution in [2.24, 2.45) is 10.1 Å². The highest BCUT2D eigenvalue weighted by molar-refractivity contribution is 6.01. The van der Waals surface area contributed by atoms with E-state index in [1.807, 2.05) is 41.3 Å². The Kier molecular flexibility index (Phi) is 8.25. The maximum atomic E-state index is 14.1. The third-order valence-corrected chi connectivity index (χ3v) is 6.48. The number of amides is 1. The number of aliphatic hydroxyl groups is 1. The summed E-state index contributed by atoms with van der Waals surface area (Å²) in [6.45, 7) is 5.75. The number of nitrogens with zero attached hydrogens (tertiary/aromatic N) is 5. The lowest BCUT2D eigenvalue weighted by molar-refractivity contribution is -0.140. The number of piperidine rings is 1. The fourth-order valence-electron chi connectivity index (χ4n) is 4.72. The number of ether oxygens (including phenoxy) is 2. The molecule has 0 spiro atoms. The molecule has 1 N–H and O–H groups in total. The number of azide groups is 1. The van der Waals surface area contributed by atoms with Gasteiger partial charge in [0.05, 0.1) is 6.61 Å². The number of carbonyl (C=O) groups excluding carboxylic acids is 1. The minimum atomic E-state index is -1.27. The van der Waals surface area contributed by atoms with Crippen LogP contribution in [0.5, 0.6) is 5.75 Å². The van der Waals surface area contributed by atoms with Gasteiger partial charge in [-0.3, -0.25) is 4.79 Å². The minimum absolute atomic E-state index is 0.0673. The van der Waals surface area contributed by atoms with Crippen molar-refractivity contribution in [2.45, 2.75) is 43.7 Å². The lowest BCUT2D eigenvalue weighted by atomic mass is 9.83. The first-order valence-corrected chi connectivity index (χ1v) is 12.3. The van der Waals surface area contributed by atoms with E-state index in [0.717, 1.165) is 19.3 Å². The standard InChI is InChI=1S/C27H31N5O4/c1-2-15-27(26(34)32-16-6-3-7-17-32)24(22-9-4-5-10-23(22)30-31-28)36-25(29-27)20-11-13-21(14-12-20)35-19-8-18-33/h2,4-5,9-14,24,33H,1,3,6-8,15-19H2/t24-,27-/m0/s1. The number of benzene rings is 2. The SMILES string of the molecule is C=CC[C@]1(C(=O)N2CCCCC2)N=C(c2ccc(OCCCO)cc2)O[C@H]1c1ccccc1N=[N+]=[N-]. The Balaban J connectivity index is 1.76. The van der Waals surface area contributed by atoms with Gasteiger partial charge in [0, 0.05) is 54.3 Å². The molecule has 9 heteroatoms. The number of rotatable bonds is 10. The molecule has 0 aromatic heterocycles. The van der Waals surface area contributed by atoms with E-state index in [1.54, 1.807) is 18.2 Å². The molecule has 1 fully saturated rings. The van der Waals surface area contributed by atoms with E-state index in [0.29, 0.717) is 54.6 Å². The van der Waals surface area contributed by atoms with E-state index in [1.165, 1.54) is 0 Å². The van der Waals surface area contributed by atoms with E-state index < -0.39 is 11.6 Å². The van der Waals surface area contributed by atoms with Crippen molar-refractivity contribution < 1.29 is 19.4 Å². The van der Waals surface area contributed by atoms with Crippen molar-refractivity contribution in [3.63, 3.8) is 0 Å². The second-order valence-corrected chi connectivity index (χ2v) is 8.88. The maximum Gasteiger partial charge on any atom is 0.255 e. The number of carbonyl (C=O) groups is 1. The van der Waals surface area contributed by atoms with Crippen LogP contribution in [-0.4, -0.2) is 53.7 Å². The molecule has 4 rings (SSSR count). The van der Waals surface area contributed by atoms with Crippen LogP contribution in [0.3, 0.4) is 0 Å². The van der Waals surface area contributed by atoms with Crippen molar-refractivity contribution in [3.05, 3.63) is 82.8 Å². The Morgan fingerprint density at radius 1 is 1.25 bits per heavy atom. The first-order valence-electron chi connectivity index (χ1n) is 12.3. The Morgan fingerprint density at radius 3 is 2.69 bits per heavy atom.